The van der Waals surface area contributed by atoms with Crippen molar-refractivity contribution in [2.75, 3.05) is 12.8 Å². The molecular formula is C12H18N2O4S. The smallest absolute Gasteiger partial charge is 0.323 e. The van der Waals surface area contributed by atoms with Gasteiger partial charge in [-0.05, 0) is 44.0 Å². The molecule has 0 radical (unpaired) electrons. The molecule has 1 unspecified atom stereocenters. The summed E-state index contributed by atoms with van der Waals surface area (Å²) in [6.07, 6.45) is 0. The topological polar surface area (TPSA) is 98.5 Å². The summed E-state index contributed by atoms with van der Waals surface area (Å²) in [6, 6.07) is 2.24. The van der Waals surface area contributed by atoms with Gasteiger partial charge >= 0.3 is 5.97 Å². The molecule has 0 saturated heterocycles. The van der Waals surface area contributed by atoms with Crippen LogP contribution in [0, 0.1) is 13.8 Å². The van der Waals surface area contributed by atoms with Crippen LogP contribution in [0.25, 0.3) is 0 Å². The number of carbonyl (C=O) groups is 1. The molecule has 1 aromatic rings. The highest BCUT2D eigenvalue weighted by Gasteiger charge is 2.24. The molecule has 0 amide bonds. The van der Waals surface area contributed by atoms with Crippen LogP contribution >= 0.6 is 0 Å². The third kappa shape index (κ3) is 3.45. The van der Waals surface area contributed by atoms with E-state index >= 15 is 0 Å². The fraction of sp³-hybridized carbons (Fsp3) is 0.417. The van der Waals surface area contributed by atoms with E-state index in [-0.39, 0.29) is 4.90 Å². The maximum absolute atomic E-state index is 12.2. The first-order valence-corrected chi connectivity index (χ1v) is 7.14. The number of anilines is 1. The van der Waals surface area contributed by atoms with Crippen molar-refractivity contribution in [3.63, 3.8) is 0 Å². The highest BCUT2D eigenvalue weighted by Crippen LogP contribution is 2.23. The van der Waals surface area contributed by atoms with E-state index in [2.05, 4.69) is 9.46 Å². The van der Waals surface area contributed by atoms with Crippen LogP contribution in [0.2, 0.25) is 0 Å². The van der Waals surface area contributed by atoms with Gasteiger partial charge in [-0.2, -0.15) is 4.72 Å². The number of ether oxygens (including phenoxy) is 1. The van der Waals surface area contributed by atoms with E-state index in [1.807, 2.05) is 0 Å². The Balaban J connectivity index is 3.18. The minimum absolute atomic E-state index is 0.0701. The third-order valence-electron chi connectivity index (χ3n) is 2.72. The van der Waals surface area contributed by atoms with Crippen molar-refractivity contribution in [2.45, 2.75) is 31.7 Å². The Kier molecular flexibility index (Phi) is 4.54. The Hall–Kier alpha value is -1.60. The number of nitrogens with one attached hydrogen (secondary N) is 1. The molecule has 0 saturated carbocycles. The van der Waals surface area contributed by atoms with Crippen molar-refractivity contribution in [1.29, 1.82) is 0 Å². The lowest BCUT2D eigenvalue weighted by Gasteiger charge is -2.15. The number of hydrogen-bond donors (Lipinski definition) is 2. The van der Waals surface area contributed by atoms with Crippen molar-refractivity contribution >= 4 is 21.7 Å². The Morgan fingerprint density at radius 3 is 2.47 bits per heavy atom. The standard InChI is InChI=1S/C12H18N2O4S/c1-7-5-10(13)8(2)11(6-7)19(16,17)14-9(3)12(15)18-4/h5-6,9,14H,13H2,1-4H3. The molecule has 0 spiro atoms. The first-order chi connectivity index (χ1) is 8.69. The van der Waals surface area contributed by atoms with E-state index < -0.39 is 22.0 Å². The number of esters is 1. The van der Waals surface area contributed by atoms with Crippen LogP contribution in [0.3, 0.4) is 0 Å². The molecule has 1 aromatic carbocycles. The maximum Gasteiger partial charge on any atom is 0.323 e. The minimum Gasteiger partial charge on any atom is -0.468 e. The van der Waals surface area contributed by atoms with E-state index in [0.29, 0.717) is 11.3 Å². The second-order valence-corrected chi connectivity index (χ2v) is 6.03. The van der Waals surface area contributed by atoms with Crippen molar-refractivity contribution in [2.24, 2.45) is 0 Å². The van der Waals surface area contributed by atoms with E-state index in [1.165, 1.54) is 20.1 Å². The van der Waals surface area contributed by atoms with Gasteiger partial charge < -0.3 is 10.5 Å². The highest BCUT2D eigenvalue weighted by molar-refractivity contribution is 7.89. The first-order valence-electron chi connectivity index (χ1n) is 5.66. The van der Waals surface area contributed by atoms with Gasteiger partial charge in [0.2, 0.25) is 10.0 Å². The number of carbonyl (C=O) groups excluding carboxylic acids is 1. The second-order valence-electron chi connectivity index (χ2n) is 4.34. The lowest BCUT2D eigenvalue weighted by Crippen LogP contribution is -2.39. The van der Waals surface area contributed by atoms with Crippen LogP contribution in [0.1, 0.15) is 18.1 Å². The molecule has 7 heteroatoms. The maximum atomic E-state index is 12.2. The number of hydrogen-bond acceptors (Lipinski definition) is 5. The normalized spacial score (nSPS) is 13.1. The number of sulfonamides is 1. The zero-order chi connectivity index (χ0) is 14.8. The Morgan fingerprint density at radius 2 is 1.95 bits per heavy atom. The van der Waals surface area contributed by atoms with Gasteiger partial charge in [0.25, 0.3) is 0 Å². The molecule has 3 N–H and O–H groups in total. The molecule has 0 aliphatic heterocycles. The molecule has 0 heterocycles. The lowest BCUT2D eigenvalue weighted by molar-refractivity contribution is -0.142. The summed E-state index contributed by atoms with van der Waals surface area (Å²) >= 11 is 0. The van der Waals surface area contributed by atoms with E-state index in [9.17, 15) is 13.2 Å². The molecule has 6 nitrogen and oxygen atoms in total. The summed E-state index contributed by atoms with van der Waals surface area (Å²) < 4.78 is 31.2. The average molecular weight is 286 g/mol. The first kappa shape index (κ1) is 15.5. The number of methoxy groups -OCH3 is 1. The van der Waals surface area contributed by atoms with Crippen molar-refractivity contribution in [3.05, 3.63) is 23.3 Å². The van der Waals surface area contributed by atoms with Gasteiger partial charge in [0, 0.05) is 5.69 Å². The molecule has 106 valence electrons. The van der Waals surface area contributed by atoms with Gasteiger partial charge in [-0.1, -0.05) is 0 Å². The summed E-state index contributed by atoms with van der Waals surface area (Å²) in [4.78, 5) is 11.3. The number of benzene rings is 1. The Labute approximate surface area is 113 Å². The largest absolute Gasteiger partial charge is 0.468 e. The minimum atomic E-state index is -3.82. The van der Waals surface area contributed by atoms with Crippen LogP contribution in [-0.2, 0) is 19.6 Å². The summed E-state index contributed by atoms with van der Waals surface area (Å²) in [5, 5.41) is 0. The van der Waals surface area contributed by atoms with Crippen molar-refractivity contribution < 1.29 is 17.9 Å². The summed E-state index contributed by atoms with van der Waals surface area (Å²) in [5.74, 6) is -0.651. The molecule has 0 fully saturated rings. The zero-order valence-electron chi connectivity index (χ0n) is 11.4. The predicted octanol–water partition coefficient (Wildman–Crippen LogP) is 0.725. The van der Waals surface area contributed by atoms with Gasteiger partial charge in [0.05, 0.1) is 12.0 Å². The van der Waals surface area contributed by atoms with Crippen LogP contribution in [0.4, 0.5) is 5.69 Å². The number of nitrogens with two attached hydrogens (primary N) is 1. The predicted molar refractivity (Wildman–Crippen MR) is 72.1 cm³/mol. The Morgan fingerprint density at radius 1 is 1.37 bits per heavy atom. The molecule has 0 aliphatic carbocycles. The number of rotatable bonds is 4. The van der Waals surface area contributed by atoms with Crippen molar-refractivity contribution in [1.82, 2.24) is 4.72 Å². The van der Waals surface area contributed by atoms with Gasteiger partial charge in [-0.3, -0.25) is 4.79 Å². The molecule has 19 heavy (non-hydrogen) atoms. The van der Waals surface area contributed by atoms with Crippen LogP contribution in [-0.4, -0.2) is 27.5 Å². The van der Waals surface area contributed by atoms with Crippen molar-refractivity contribution in [3.8, 4) is 0 Å². The molecule has 0 aromatic heterocycles. The monoisotopic (exact) mass is 286 g/mol. The molecule has 0 bridgehead atoms. The van der Waals surface area contributed by atoms with Crippen LogP contribution in [0.15, 0.2) is 17.0 Å². The summed E-state index contributed by atoms with van der Waals surface area (Å²) in [5.41, 5.74) is 7.33. The quantitative estimate of drug-likeness (QED) is 0.628. The molecular weight excluding hydrogens is 268 g/mol. The molecule has 1 rings (SSSR count). The summed E-state index contributed by atoms with van der Waals surface area (Å²) in [6.45, 7) is 4.78. The highest BCUT2D eigenvalue weighted by atomic mass is 32.2. The van der Waals surface area contributed by atoms with Crippen LogP contribution < -0.4 is 10.5 Å². The van der Waals surface area contributed by atoms with E-state index in [0.717, 1.165) is 5.56 Å². The van der Waals surface area contributed by atoms with E-state index in [4.69, 9.17) is 5.73 Å². The molecule has 0 aliphatic rings. The van der Waals surface area contributed by atoms with Gasteiger partial charge in [0.1, 0.15) is 6.04 Å². The number of aryl methyl sites for hydroxylation is 1. The van der Waals surface area contributed by atoms with Gasteiger partial charge in [-0.25, -0.2) is 8.42 Å². The zero-order valence-corrected chi connectivity index (χ0v) is 12.2. The third-order valence-corrected chi connectivity index (χ3v) is 4.39. The van der Waals surface area contributed by atoms with E-state index in [1.54, 1.807) is 19.9 Å². The Bertz CT molecular complexity index is 596. The average Bonchev–Trinajstić information content (AvgIpc) is 2.31. The second kappa shape index (κ2) is 5.58. The van der Waals surface area contributed by atoms with Crippen LogP contribution in [0.5, 0.6) is 0 Å². The summed E-state index contributed by atoms with van der Waals surface area (Å²) in [7, 11) is -2.62. The number of nitrogen functional groups attached to an aromatic ring is 1. The fourth-order valence-electron chi connectivity index (χ4n) is 1.65. The SMILES string of the molecule is COC(=O)C(C)NS(=O)(=O)c1cc(C)cc(N)c1C. The molecule has 1 atom stereocenters. The van der Waals surface area contributed by atoms with Gasteiger partial charge in [0.15, 0.2) is 0 Å². The fourth-order valence-corrected chi connectivity index (χ4v) is 3.20. The van der Waals surface area contributed by atoms with Gasteiger partial charge in [-0.15, -0.1) is 0 Å². The lowest BCUT2D eigenvalue weighted by atomic mass is 10.1.